The molecule has 0 radical (unpaired) electrons. The fourth-order valence-electron chi connectivity index (χ4n) is 7.86. The van der Waals surface area contributed by atoms with Crippen LogP contribution in [0.4, 0.5) is 0 Å². The maximum atomic E-state index is 14.6. The number of fused-ring (bicyclic) bond motifs is 8. The highest BCUT2D eigenvalue weighted by Gasteiger charge is 2.27. The Kier molecular flexibility index (Phi) is 10.1. The summed E-state index contributed by atoms with van der Waals surface area (Å²) in [5.74, 6) is 0. The van der Waals surface area contributed by atoms with Gasteiger partial charge < -0.3 is 18.9 Å². The first-order valence-corrected chi connectivity index (χ1v) is 20.8. The van der Waals surface area contributed by atoms with Crippen LogP contribution in [0.1, 0.15) is 61.4 Å². The van der Waals surface area contributed by atoms with Crippen LogP contribution in [0.3, 0.4) is 0 Å². The van der Waals surface area contributed by atoms with Crippen molar-refractivity contribution in [2.75, 3.05) is 52.9 Å². The lowest BCUT2D eigenvalue weighted by atomic mass is 10.0. The van der Waals surface area contributed by atoms with Gasteiger partial charge in [-0.15, -0.1) is 34.0 Å². The summed E-state index contributed by atoms with van der Waals surface area (Å²) in [5.41, 5.74) is 6.33. The average molecular weight is 745 g/mol. The van der Waals surface area contributed by atoms with E-state index in [-0.39, 0.29) is 11.1 Å². The Balaban J connectivity index is 1.26. The van der Waals surface area contributed by atoms with Crippen LogP contribution in [-0.2, 0) is 44.6 Å². The molecule has 7 heterocycles. The molecule has 0 bridgehead atoms. The quantitative estimate of drug-likeness (QED) is 0.0646. The molecule has 8 nitrogen and oxygen atoms in total. The van der Waals surface area contributed by atoms with Gasteiger partial charge in [0, 0.05) is 57.4 Å². The summed E-state index contributed by atoms with van der Waals surface area (Å²) >= 11 is 4.93. The zero-order valence-electron chi connectivity index (χ0n) is 29.8. The SMILES string of the molecule is CCCc1c(CCOCCOCC)sc2cc3c4ccc5c6c(sc(c(=O)n3c12)c46)c(=O)n1c5cc2sc(CCOCCOCC)c(CCC)c21. The minimum atomic E-state index is -0.0288. The standard InChI is InChI=1S/C40H44N2O6S3/c1-5-9-25-29(13-15-47-19-17-45-7-3)49-31-21-27-23-11-12-24-28-22-32-36(26(10-6-2)30(50-32)14-16-48-20-18-46-8-4)42(28)40(44)38-34(24)33(23)37(51-38)39(43)41(27)35(25)31/h11-12,21-22H,5-10,13-20H2,1-4H3. The van der Waals surface area contributed by atoms with Crippen molar-refractivity contribution in [3.8, 4) is 0 Å². The van der Waals surface area contributed by atoms with E-state index in [9.17, 15) is 9.59 Å². The molecule has 0 saturated heterocycles. The van der Waals surface area contributed by atoms with Crippen LogP contribution >= 0.6 is 34.0 Å². The number of nitrogens with zero attached hydrogens (tertiary/aromatic N) is 2. The van der Waals surface area contributed by atoms with Gasteiger partial charge in [-0.05, 0) is 49.9 Å². The minimum absolute atomic E-state index is 0.0288. The molecular formula is C40H44N2O6S3. The van der Waals surface area contributed by atoms with Gasteiger partial charge >= 0.3 is 0 Å². The molecule has 0 amide bonds. The van der Waals surface area contributed by atoms with E-state index in [4.69, 9.17) is 18.9 Å². The Bertz CT molecular complexity index is 2430. The topological polar surface area (TPSA) is 79.9 Å². The largest absolute Gasteiger partial charge is 0.379 e. The summed E-state index contributed by atoms with van der Waals surface area (Å²) in [6.07, 6.45) is 5.38. The van der Waals surface area contributed by atoms with Gasteiger partial charge in [-0.2, -0.15) is 0 Å². The molecule has 7 aromatic heterocycles. The number of aromatic nitrogens is 2. The molecular weight excluding hydrogens is 701 g/mol. The number of benzene rings is 1. The predicted octanol–water partition coefficient (Wildman–Crippen LogP) is 8.83. The molecule has 0 spiro atoms. The smallest absolute Gasteiger partial charge is 0.273 e. The molecule has 0 aliphatic carbocycles. The van der Waals surface area contributed by atoms with Crippen molar-refractivity contribution in [2.24, 2.45) is 0 Å². The van der Waals surface area contributed by atoms with Crippen molar-refractivity contribution in [1.29, 1.82) is 0 Å². The third kappa shape index (κ3) is 5.76. The van der Waals surface area contributed by atoms with E-state index < -0.39 is 0 Å². The van der Waals surface area contributed by atoms with Crippen LogP contribution < -0.4 is 11.1 Å². The third-order valence-corrected chi connectivity index (χ3v) is 13.6. The van der Waals surface area contributed by atoms with Crippen LogP contribution in [0.25, 0.3) is 62.4 Å². The van der Waals surface area contributed by atoms with Crippen molar-refractivity contribution >= 4 is 96.4 Å². The molecule has 1 aromatic carbocycles. The zero-order chi connectivity index (χ0) is 35.2. The first-order chi connectivity index (χ1) is 25.0. The molecule has 0 N–H and O–H groups in total. The van der Waals surface area contributed by atoms with Crippen molar-refractivity contribution in [1.82, 2.24) is 8.80 Å². The van der Waals surface area contributed by atoms with Gasteiger partial charge in [-0.1, -0.05) is 38.8 Å². The first-order valence-electron chi connectivity index (χ1n) is 18.3. The summed E-state index contributed by atoms with van der Waals surface area (Å²) in [7, 11) is 0. The second-order valence-corrected chi connectivity index (χ2v) is 16.4. The summed E-state index contributed by atoms with van der Waals surface area (Å²) in [6, 6.07) is 8.73. The Labute approximate surface area is 307 Å². The van der Waals surface area contributed by atoms with Crippen molar-refractivity contribution in [3.05, 3.63) is 65.9 Å². The van der Waals surface area contributed by atoms with Crippen LogP contribution in [0.2, 0.25) is 0 Å². The van der Waals surface area contributed by atoms with Gasteiger partial charge in [0.05, 0.1) is 71.1 Å². The summed E-state index contributed by atoms with van der Waals surface area (Å²) < 4.78 is 30.1. The van der Waals surface area contributed by atoms with E-state index in [1.807, 2.05) is 22.6 Å². The van der Waals surface area contributed by atoms with Gasteiger partial charge in [0.15, 0.2) is 0 Å². The van der Waals surface area contributed by atoms with E-state index in [2.05, 4.69) is 38.1 Å². The van der Waals surface area contributed by atoms with Crippen molar-refractivity contribution in [2.45, 2.75) is 66.2 Å². The van der Waals surface area contributed by atoms with E-state index >= 15 is 0 Å². The number of aryl methyl sites for hydroxylation is 2. The van der Waals surface area contributed by atoms with Crippen LogP contribution in [0.15, 0.2) is 33.9 Å². The van der Waals surface area contributed by atoms with Crippen LogP contribution in [-0.4, -0.2) is 61.7 Å². The average Bonchev–Trinajstić information content (AvgIpc) is 3.93. The maximum absolute atomic E-state index is 14.6. The molecule has 0 aliphatic rings. The summed E-state index contributed by atoms with van der Waals surface area (Å²) in [6.45, 7) is 13.3. The van der Waals surface area contributed by atoms with E-state index in [1.165, 1.54) is 32.2 Å². The highest BCUT2D eigenvalue weighted by molar-refractivity contribution is 7.26. The Morgan fingerprint density at radius 3 is 1.39 bits per heavy atom. The molecule has 268 valence electrons. The monoisotopic (exact) mass is 744 g/mol. The molecule has 0 saturated carbocycles. The van der Waals surface area contributed by atoms with Gasteiger partial charge in [-0.25, -0.2) is 0 Å². The second-order valence-electron chi connectivity index (χ2n) is 13.1. The third-order valence-electron chi connectivity index (χ3n) is 9.95. The summed E-state index contributed by atoms with van der Waals surface area (Å²) in [5, 5.41) is 3.92. The number of rotatable bonds is 18. The molecule has 51 heavy (non-hydrogen) atoms. The van der Waals surface area contributed by atoms with Crippen LogP contribution in [0, 0.1) is 0 Å². The molecule has 8 aromatic rings. The van der Waals surface area contributed by atoms with Crippen molar-refractivity contribution in [3.63, 3.8) is 0 Å². The number of thiophene rings is 3. The second kappa shape index (κ2) is 14.7. The lowest BCUT2D eigenvalue weighted by molar-refractivity contribution is 0.0542. The fourth-order valence-corrected chi connectivity index (χ4v) is 11.6. The molecule has 8 rings (SSSR count). The highest BCUT2D eigenvalue weighted by Crippen LogP contribution is 2.45. The van der Waals surface area contributed by atoms with Gasteiger partial charge in [0.2, 0.25) is 0 Å². The van der Waals surface area contributed by atoms with E-state index in [1.54, 1.807) is 22.7 Å². The van der Waals surface area contributed by atoms with Gasteiger partial charge in [0.1, 0.15) is 9.40 Å². The zero-order valence-corrected chi connectivity index (χ0v) is 32.2. The Morgan fingerprint density at radius 1 is 0.549 bits per heavy atom. The molecule has 0 unspecified atom stereocenters. The molecule has 0 aliphatic heterocycles. The number of hydrogen-bond donors (Lipinski definition) is 0. The fraction of sp³-hybridized carbons (Fsp3) is 0.450. The molecule has 0 fully saturated rings. The number of pyridine rings is 2. The van der Waals surface area contributed by atoms with Crippen molar-refractivity contribution < 1.29 is 18.9 Å². The van der Waals surface area contributed by atoms with Crippen LogP contribution in [0.5, 0.6) is 0 Å². The molecule has 0 atom stereocenters. The van der Waals surface area contributed by atoms with E-state index in [0.717, 1.165) is 91.5 Å². The lowest BCUT2D eigenvalue weighted by Crippen LogP contribution is -2.13. The lowest BCUT2D eigenvalue weighted by Gasteiger charge is -2.09. The first kappa shape index (κ1) is 34.9. The normalized spacial score (nSPS) is 12.7. The Hall–Kier alpha value is -3.16. The summed E-state index contributed by atoms with van der Waals surface area (Å²) in [4.78, 5) is 31.8. The van der Waals surface area contributed by atoms with Gasteiger partial charge in [0.25, 0.3) is 11.1 Å². The maximum Gasteiger partial charge on any atom is 0.273 e. The number of hydrogen-bond acceptors (Lipinski definition) is 9. The predicted molar refractivity (Wildman–Crippen MR) is 214 cm³/mol. The van der Waals surface area contributed by atoms with Gasteiger partial charge in [-0.3, -0.25) is 18.4 Å². The number of ether oxygens (including phenoxy) is 4. The minimum Gasteiger partial charge on any atom is -0.379 e. The molecule has 11 heteroatoms. The highest BCUT2D eigenvalue weighted by atomic mass is 32.1. The van der Waals surface area contributed by atoms with E-state index in [0.29, 0.717) is 62.3 Å². The Morgan fingerprint density at radius 2 is 0.980 bits per heavy atom.